The number of hydrogen-bond donors (Lipinski definition) is 2. The average molecular weight is 286 g/mol. The summed E-state index contributed by atoms with van der Waals surface area (Å²) in [6.45, 7) is 6.75. The third-order valence-electron chi connectivity index (χ3n) is 3.13. The van der Waals surface area contributed by atoms with E-state index in [4.69, 9.17) is 11.6 Å². The van der Waals surface area contributed by atoms with Crippen LogP contribution in [-0.2, 0) is 6.42 Å². The van der Waals surface area contributed by atoms with Gasteiger partial charge in [0.15, 0.2) is 0 Å². The van der Waals surface area contributed by atoms with E-state index in [0.29, 0.717) is 25.1 Å². The Hall–Kier alpha value is -1.42. The van der Waals surface area contributed by atoms with Crippen molar-refractivity contribution in [2.45, 2.75) is 33.1 Å². The van der Waals surface area contributed by atoms with Crippen LogP contribution in [0.1, 0.15) is 37.8 Å². The highest BCUT2D eigenvalue weighted by Gasteiger charge is 2.13. The summed E-state index contributed by atoms with van der Waals surface area (Å²) >= 11 is 5.44. The van der Waals surface area contributed by atoms with Crippen molar-refractivity contribution in [3.63, 3.8) is 0 Å². The topological polar surface area (TPSA) is 60.8 Å². The number of carbonyl (C=O) groups excluding carboxylic acids is 1. The molecule has 0 atom stereocenters. The van der Waals surface area contributed by atoms with Crippen LogP contribution in [0.15, 0.2) is 12.1 Å². The Kier molecular flexibility index (Phi) is 5.48. The number of hydrogen-bond acceptors (Lipinski definition) is 3. The number of amides is 1. The van der Waals surface area contributed by atoms with Crippen LogP contribution in [0.25, 0.3) is 0 Å². The number of rotatable bonds is 5. The van der Waals surface area contributed by atoms with E-state index in [9.17, 15) is 15.0 Å². The largest absolute Gasteiger partial charge is 0.508 e. The van der Waals surface area contributed by atoms with Crippen LogP contribution in [0.5, 0.6) is 11.5 Å². The van der Waals surface area contributed by atoms with E-state index < -0.39 is 5.37 Å². The number of aromatic hydroxyl groups is 2. The Morgan fingerprint density at radius 2 is 1.95 bits per heavy atom. The predicted molar refractivity (Wildman–Crippen MR) is 76.1 cm³/mol. The van der Waals surface area contributed by atoms with E-state index >= 15 is 0 Å². The first kappa shape index (κ1) is 15.6. The molecule has 0 aromatic heterocycles. The van der Waals surface area contributed by atoms with Gasteiger partial charge in [-0.3, -0.25) is 4.79 Å². The summed E-state index contributed by atoms with van der Waals surface area (Å²) in [5.41, 5.74) is 1.49. The lowest BCUT2D eigenvalue weighted by Crippen LogP contribution is -2.28. The SMILES string of the molecule is CCN(CCc1cc(C(C)C)c(O)cc1O)C(=O)Cl. The van der Waals surface area contributed by atoms with Crippen LogP contribution in [0.3, 0.4) is 0 Å². The van der Waals surface area contributed by atoms with Crippen LogP contribution in [0.4, 0.5) is 4.79 Å². The van der Waals surface area contributed by atoms with Gasteiger partial charge in [-0.15, -0.1) is 0 Å². The van der Waals surface area contributed by atoms with Crippen LogP contribution >= 0.6 is 11.6 Å². The highest BCUT2D eigenvalue weighted by Crippen LogP contribution is 2.32. The highest BCUT2D eigenvalue weighted by molar-refractivity contribution is 6.62. The molecule has 0 bridgehead atoms. The fourth-order valence-electron chi connectivity index (χ4n) is 1.93. The number of phenols is 2. The third-order valence-corrected chi connectivity index (χ3v) is 3.37. The first-order chi connectivity index (χ1) is 8.86. The summed E-state index contributed by atoms with van der Waals surface area (Å²) in [5.74, 6) is 0.299. The van der Waals surface area contributed by atoms with Crippen molar-refractivity contribution in [3.05, 3.63) is 23.3 Å². The predicted octanol–water partition coefficient (Wildman–Crippen LogP) is 3.44. The van der Waals surface area contributed by atoms with Gasteiger partial charge in [-0.1, -0.05) is 13.8 Å². The standard InChI is InChI=1S/C14H20ClNO3/c1-4-16(14(15)19)6-5-10-7-11(9(2)3)13(18)8-12(10)17/h7-9,17-18H,4-6H2,1-3H3. The molecular formula is C14H20ClNO3. The van der Waals surface area contributed by atoms with Gasteiger partial charge < -0.3 is 15.1 Å². The van der Waals surface area contributed by atoms with E-state index in [2.05, 4.69) is 0 Å². The van der Waals surface area contributed by atoms with Crippen molar-refractivity contribution in [2.75, 3.05) is 13.1 Å². The van der Waals surface area contributed by atoms with E-state index in [1.165, 1.54) is 11.0 Å². The minimum Gasteiger partial charge on any atom is -0.508 e. The summed E-state index contributed by atoms with van der Waals surface area (Å²) in [5, 5.41) is 19.1. The van der Waals surface area contributed by atoms with Gasteiger partial charge in [0.05, 0.1) is 0 Å². The molecule has 1 aromatic carbocycles. The van der Waals surface area contributed by atoms with Gasteiger partial charge in [0.2, 0.25) is 0 Å². The van der Waals surface area contributed by atoms with Gasteiger partial charge in [-0.2, -0.15) is 0 Å². The summed E-state index contributed by atoms with van der Waals surface area (Å²) in [6.07, 6.45) is 0.498. The normalized spacial score (nSPS) is 10.8. The molecule has 0 aliphatic carbocycles. The van der Waals surface area contributed by atoms with Gasteiger partial charge in [0.25, 0.3) is 0 Å². The Morgan fingerprint density at radius 1 is 1.32 bits per heavy atom. The maximum absolute atomic E-state index is 11.1. The van der Waals surface area contributed by atoms with Gasteiger partial charge in [-0.05, 0) is 48.1 Å². The fraction of sp³-hybridized carbons (Fsp3) is 0.500. The zero-order valence-corrected chi connectivity index (χ0v) is 12.2. The summed E-state index contributed by atoms with van der Waals surface area (Å²) < 4.78 is 0. The van der Waals surface area contributed by atoms with E-state index in [1.54, 1.807) is 6.07 Å². The number of likely N-dealkylation sites (N-methyl/N-ethyl adjacent to an activating group) is 1. The molecular weight excluding hydrogens is 266 g/mol. The molecule has 0 aliphatic heterocycles. The van der Waals surface area contributed by atoms with Gasteiger partial charge in [0, 0.05) is 19.2 Å². The monoisotopic (exact) mass is 285 g/mol. The van der Waals surface area contributed by atoms with Crippen molar-refractivity contribution in [2.24, 2.45) is 0 Å². The van der Waals surface area contributed by atoms with Gasteiger partial charge in [-0.25, -0.2) is 0 Å². The third kappa shape index (κ3) is 4.03. The van der Waals surface area contributed by atoms with E-state index in [-0.39, 0.29) is 17.4 Å². The molecule has 106 valence electrons. The van der Waals surface area contributed by atoms with Crippen molar-refractivity contribution >= 4 is 17.0 Å². The summed E-state index contributed by atoms with van der Waals surface area (Å²) in [4.78, 5) is 12.6. The lowest BCUT2D eigenvalue weighted by molar-refractivity contribution is 0.225. The zero-order valence-electron chi connectivity index (χ0n) is 11.5. The van der Waals surface area contributed by atoms with Crippen molar-refractivity contribution < 1.29 is 15.0 Å². The highest BCUT2D eigenvalue weighted by atomic mass is 35.5. The number of halogens is 1. The van der Waals surface area contributed by atoms with Crippen LogP contribution < -0.4 is 0 Å². The molecule has 0 fully saturated rings. The molecule has 1 rings (SSSR count). The van der Waals surface area contributed by atoms with E-state index in [0.717, 1.165) is 5.56 Å². The molecule has 1 amide bonds. The molecule has 0 spiro atoms. The molecule has 0 unspecified atom stereocenters. The minimum absolute atomic E-state index is 0.0416. The van der Waals surface area contributed by atoms with Crippen molar-refractivity contribution in [1.29, 1.82) is 0 Å². The number of phenolic OH excluding ortho intramolecular Hbond substituents is 2. The quantitative estimate of drug-likeness (QED) is 0.643. The molecule has 0 saturated carbocycles. The van der Waals surface area contributed by atoms with Crippen molar-refractivity contribution in [3.8, 4) is 11.5 Å². The second kappa shape index (κ2) is 6.66. The van der Waals surface area contributed by atoms with Crippen LogP contribution in [-0.4, -0.2) is 33.6 Å². The molecule has 0 aliphatic rings. The molecule has 0 radical (unpaired) electrons. The smallest absolute Gasteiger partial charge is 0.316 e. The molecule has 1 aromatic rings. The number of carbonyl (C=O) groups is 1. The zero-order chi connectivity index (χ0) is 14.6. The first-order valence-electron chi connectivity index (χ1n) is 6.36. The van der Waals surface area contributed by atoms with E-state index in [1.807, 2.05) is 20.8 Å². The molecule has 0 heterocycles. The molecule has 2 N–H and O–H groups in total. The Balaban J connectivity index is 2.89. The molecule has 5 heteroatoms. The fourth-order valence-corrected chi connectivity index (χ4v) is 2.13. The second-order valence-corrected chi connectivity index (χ2v) is 5.10. The number of nitrogens with zero attached hydrogens (tertiary/aromatic N) is 1. The Bertz CT molecular complexity index is 460. The first-order valence-corrected chi connectivity index (χ1v) is 6.73. The van der Waals surface area contributed by atoms with Crippen LogP contribution in [0.2, 0.25) is 0 Å². The maximum Gasteiger partial charge on any atom is 0.316 e. The number of benzene rings is 1. The summed E-state index contributed by atoms with van der Waals surface area (Å²) in [7, 11) is 0. The lowest BCUT2D eigenvalue weighted by Gasteiger charge is -2.18. The average Bonchev–Trinajstić information content (AvgIpc) is 2.31. The maximum atomic E-state index is 11.1. The molecule has 0 saturated heterocycles. The van der Waals surface area contributed by atoms with Crippen molar-refractivity contribution in [1.82, 2.24) is 4.90 Å². The van der Waals surface area contributed by atoms with Crippen LogP contribution in [0, 0.1) is 0 Å². The molecule has 4 nitrogen and oxygen atoms in total. The summed E-state index contributed by atoms with van der Waals surface area (Å²) in [6, 6.07) is 3.13. The Morgan fingerprint density at radius 3 is 2.42 bits per heavy atom. The van der Waals surface area contributed by atoms with Gasteiger partial charge >= 0.3 is 5.37 Å². The lowest BCUT2D eigenvalue weighted by atomic mass is 9.97. The Labute approximate surface area is 118 Å². The van der Waals surface area contributed by atoms with Gasteiger partial charge in [0.1, 0.15) is 11.5 Å². The second-order valence-electron chi connectivity index (χ2n) is 4.78. The minimum atomic E-state index is -0.496. The molecule has 19 heavy (non-hydrogen) atoms.